The number of aryl methyl sites for hydroxylation is 1. The van der Waals surface area contributed by atoms with E-state index in [-0.39, 0.29) is 11.6 Å². The van der Waals surface area contributed by atoms with E-state index >= 15 is 0 Å². The highest BCUT2D eigenvalue weighted by Crippen LogP contribution is 2.37. The molecule has 2 aliphatic rings. The van der Waals surface area contributed by atoms with Gasteiger partial charge in [-0.15, -0.1) is 10.2 Å². The van der Waals surface area contributed by atoms with Crippen LogP contribution in [0.15, 0.2) is 16.8 Å². The van der Waals surface area contributed by atoms with E-state index in [1.807, 2.05) is 6.92 Å². The zero-order valence-electron chi connectivity index (χ0n) is 14.6. The lowest BCUT2D eigenvalue weighted by Crippen LogP contribution is -2.57. The fourth-order valence-electron chi connectivity index (χ4n) is 4.19. The molecule has 0 aliphatic carbocycles. The van der Waals surface area contributed by atoms with Crippen LogP contribution in [0, 0.1) is 6.92 Å². The van der Waals surface area contributed by atoms with Crippen molar-refractivity contribution < 1.29 is 9.53 Å². The van der Waals surface area contributed by atoms with Crippen molar-refractivity contribution >= 4 is 17.4 Å². The van der Waals surface area contributed by atoms with E-state index in [4.69, 9.17) is 4.74 Å². The number of nitrogens with zero attached hydrogens (tertiary/aromatic N) is 5. The van der Waals surface area contributed by atoms with Gasteiger partial charge in [0.25, 0.3) is 0 Å². The van der Waals surface area contributed by atoms with Crippen LogP contribution in [0.2, 0.25) is 0 Å². The lowest BCUT2D eigenvalue weighted by molar-refractivity contribution is 0.0320. The van der Waals surface area contributed by atoms with Crippen LogP contribution in [0.5, 0.6) is 0 Å². The summed E-state index contributed by atoms with van der Waals surface area (Å²) < 4.78 is 7.23. The lowest BCUT2D eigenvalue weighted by atomic mass is 9.84. The second kappa shape index (κ2) is 6.42. The molecule has 4 heterocycles. The molecule has 0 bridgehead atoms. The third kappa shape index (κ3) is 2.93. The lowest BCUT2D eigenvalue weighted by Gasteiger charge is -2.48. The minimum atomic E-state index is -0.285. The topological polar surface area (TPSA) is 63.5 Å². The average molecular weight is 361 g/mol. The smallest absolute Gasteiger partial charge is 0.409 e. The zero-order chi connectivity index (χ0) is 17.4. The Balaban J connectivity index is 1.55. The van der Waals surface area contributed by atoms with Crippen LogP contribution in [0.3, 0.4) is 0 Å². The van der Waals surface area contributed by atoms with Gasteiger partial charge in [0.2, 0.25) is 0 Å². The summed E-state index contributed by atoms with van der Waals surface area (Å²) in [6.07, 6.45) is 1.68. The first-order valence-electron chi connectivity index (χ1n) is 8.59. The molecule has 2 aromatic rings. The highest BCUT2D eigenvalue weighted by molar-refractivity contribution is 7.07. The van der Waals surface area contributed by atoms with Gasteiger partial charge < -0.3 is 9.30 Å². The number of amides is 1. The number of piperidine rings is 1. The molecule has 0 atom stereocenters. The first kappa shape index (κ1) is 16.5. The monoisotopic (exact) mass is 361 g/mol. The highest BCUT2D eigenvalue weighted by Gasteiger charge is 2.45. The third-order valence-electron chi connectivity index (χ3n) is 5.39. The molecular formula is C17H23N5O2S. The van der Waals surface area contributed by atoms with E-state index in [1.54, 1.807) is 16.2 Å². The maximum absolute atomic E-state index is 12.1. The Labute approximate surface area is 151 Å². The Bertz CT molecular complexity index is 749. The predicted molar refractivity (Wildman–Crippen MR) is 94.4 cm³/mol. The molecule has 1 fully saturated rings. The standard InChI is InChI=1S/C17H23N5O2S/c1-13-18-19-15-10-21(16(23)24-2)12-17(22(13)15)4-6-20(7-5-17)9-14-3-8-25-11-14/h3,8,11H,4-7,9-10,12H2,1-2H3. The fraction of sp³-hybridized carbons (Fsp3) is 0.588. The molecule has 0 saturated carbocycles. The van der Waals surface area contributed by atoms with E-state index in [0.717, 1.165) is 44.1 Å². The van der Waals surface area contributed by atoms with Gasteiger partial charge in [0, 0.05) is 26.2 Å². The minimum absolute atomic E-state index is 0.125. The number of likely N-dealkylation sites (tertiary alicyclic amines) is 1. The van der Waals surface area contributed by atoms with Crippen molar-refractivity contribution in [3.8, 4) is 0 Å². The number of carbonyl (C=O) groups excluding carboxylic acids is 1. The summed E-state index contributed by atoms with van der Waals surface area (Å²) in [5.74, 6) is 1.80. The Hall–Kier alpha value is -1.93. The number of ether oxygens (including phenoxy) is 1. The van der Waals surface area contributed by atoms with Gasteiger partial charge in [0.1, 0.15) is 5.82 Å². The summed E-state index contributed by atoms with van der Waals surface area (Å²) in [6, 6.07) is 2.19. The van der Waals surface area contributed by atoms with E-state index in [9.17, 15) is 4.79 Å². The quantitative estimate of drug-likeness (QED) is 0.821. The van der Waals surface area contributed by atoms with Gasteiger partial charge in [-0.25, -0.2) is 4.79 Å². The van der Waals surface area contributed by atoms with E-state index in [0.29, 0.717) is 13.1 Å². The van der Waals surface area contributed by atoms with Gasteiger partial charge >= 0.3 is 6.09 Å². The molecule has 1 amide bonds. The molecule has 1 spiro atoms. The molecule has 2 aromatic heterocycles. The number of fused-ring (bicyclic) bond motifs is 2. The molecule has 8 heteroatoms. The van der Waals surface area contributed by atoms with Crippen LogP contribution in [0.4, 0.5) is 4.79 Å². The number of hydrogen-bond acceptors (Lipinski definition) is 6. The molecule has 0 aromatic carbocycles. The highest BCUT2D eigenvalue weighted by atomic mass is 32.1. The number of carbonyl (C=O) groups is 1. The molecule has 134 valence electrons. The molecule has 1 saturated heterocycles. The SMILES string of the molecule is COC(=O)N1Cc2nnc(C)n2C2(CCN(Cc3ccsc3)CC2)C1. The minimum Gasteiger partial charge on any atom is -0.453 e. The molecule has 4 rings (SSSR count). The number of hydrogen-bond donors (Lipinski definition) is 0. The molecule has 0 unspecified atom stereocenters. The normalized spacial score (nSPS) is 19.8. The Morgan fingerprint density at radius 2 is 2.16 bits per heavy atom. The molecule has 2 aliphatic heterocycles. The summed E-state index contributed by atoms with van der Waals surface area (Å²) in [7, 11) is 1.43. The van der Waals surface area contributed by atoms with Gasteiger partial charge in [-0.2, -0.15) is 11.3 Å². The van der Waals surface area contributed by atoms with Crippen LogP contribution in [-0.2, 0) is 23.4 Å². The maximum atomic E-state index is 12.1. The van der Waals surface area contributed by atoms with Crippen molar-refractivity contribution in [2.75, 3.05) is 26.7 Å². The first-order chi connectivity index (χ1) is 12.1. The molecule has 7 nitrogen and oxygen atoms in total. The van der Waals surface area contributed by atoms with Gasteiger partial charge in [-0.1, -0.05) is 0 Å². The first-order valence-corrected chi connectivity index (χ1v) is 9.53. The summed E-state index contributed by atoms with van der Waals surface area (Å²) in [6.45, 7) is 6.13. The van der Waals surface area contributed by atoms with Gasteiger partial charge in [-0.3, -0.25) is 9.80 Å². The second-order valence-electron chi connectivity index (χ2n) is 6.96. The van der Waals surface area contributed by atoms with Crippen molar-refractivity contribution in [3.05, 3.63) is 34.0 Å². The largest absolute Gasteiger partial charge is 0.453 e. The molecule has 0 N–H and O–H groups in total. The summed E-state index contributed by atoms with van der Waals surface area (Å²) in [5.41, 5.74) is 1.25. The van der Waals surface area contributed by atoms with Crippen molar-refractivity contribution in [2.45, 2.75) is 38.4 Å². The van der Waals surface area contributed by atoms with Crippen molar-refractivity contribution in [2.24, 2.45) is 0 Å². The van der Waals surface area contributed by atoms with Crippen LogP contribution < -0.4 is 0 Å². The summed E-state index contributed by atoms with van der Waals surface area (Å²) in [5, 5.41) is 12.9. The number of rotatable bonds is 2. The Morgan fingerprint density at radius 1 is 1.36 bits per heavy atom. The molecular weight excluding hydrogens is 338 g/mol. The number of thiophene rings is 1. The summed E-state index contributed by atoms with van der Waals surface area (Å²) >= 11 is 1.74. The van der Waals surface area contributed by atoms with Crippen molar-refractivity contribution in [1.82, 2.24) is 24.6 Å². The van der Waals surface area contributed by atoms with Crippen LogP contribution in [0.1, 0.15) is 30.1 Å². The number of methoxy groups -OCH3 is 1. The van der Waals surface area contributed by atoms with Gasteiger partial charge in [-0.05, 0) is 42.2 Å². The third-order valence-corrected chi connectivity index (χ3v) is 6.12. The van der Waals surface area contributed by atoms with Gasteiger partial charge in [0.15, 0.2) is 5.82 Å². The fourth-order valence-corrected chi connectivity index (χ4v) is 4.85. The number of aromatic nitrogens is 3. The Morgan fingerprint density at radius 3 is 2.84 bits per heavy atom. The Kier molecular flexibility index (Phi) is 4.24. The van der Waals surface area contributed by atoms with E-state index in [2.05, 4.69) is 36.5 Å². The average Bonchev–Trinajstić information content (AvgIpc) is 3.26. The molecule has 25 heavy (non-hydrogen) atoms. The second-order valence-corrected chi connectivity index (χ2v) is 7.74. The van der Waals surface area contributed by atoms with Crippen LogP contribution in [0.25, 0.3) is 0 Å². The van der Waals surface area contributed by atoms with Crippen LogP contribution in [-0.4, -0.2) is 57.4 Å². The molecule has 0 radical (unpaired) electrons. The zero-order valence-corrected chi connectivity index (χ0v) is 15.5. The predicted octanol–water partition coefficient (Wildman–Crippen LogP) is 2.22. The maximum Gasteiger partial charge on any atom is 0.409 e. The summed E-state index contributed by atoms with van der Waals surface area (Å²) in [4.78, 5) is 16.4. The van der Waals surface area contributed by atoms with Crippen molar-refractivity contribution in [3.63, 3.8) is 0 Å². The van der Waals surface area contributed by atoms with E-state index < -0.39 is 0 Å². The van der Waals surface area contributed by atoms with Crippen molar-refractivity contribution in [1.29, 1.82) is 0 Å². The van der Waals surface area contributed by atoms with Gasteiger partial charge in [0.05, 0.1) is 19.2 Å². The van der Waals surface area contributed by atoms with E-state index in [1.165, 1.54) is 12.7 Å². The van der Waals surface area contributed by atoms with Crippen LogP contribution >= 0.6 is 11.3 Å².